The first-order valence-corrected chi connectivity index (χ1v) is 7.04. The van der Waals surface area contributed by atoms with Crippen LogP contribution in [0.3, 0.4) is 0 Å². The van der Waals surface area contributed by atoms with E-state index in [4.69, 9.17) is 11.6 Å². The second-order valence-electron chi connectivity index (χ2n) is 5.37. The Balaban J connectivity index is 2.38. The standard InChI is InChI=1S/C17H15ClF2O/c1-10(2)6-11-4-3-5-12(7-11)17(21)13-8-16(20)14(18)9-15(13)19/h3-5,7-10H,6H2,1-2H3. The van der Waals surface area contributed by atoms with Gasteiger partial charge in [0.25, 0.3) is 0 Å². The molecule has 0 aromatic heterocycles. The average Bonchev–Trinajstić information content (AvgIpc) is 2.41. The Morgan fingerprint density at radius 2 is 1.86 bits per heavy atom. The van der Waals surface area contributed by atoms with Crippen LogP contribution in [-0.4, -0.2) is 5.78 Å². The molecule has 0 spiro atoms. The van der Waals surface area contributed by atoms with Gasteiger partial charge in [0.1, 0.15) is 11.6 Å². The van der Waals surface area contributed by atoms with Crippen LogP contribution >= 0.6 is 11.6 Å². The molecular weight excluding hydrogens is 294 g/mol. The van der Waals surface area contributed by atoms with Gasteiger partial charge < -0.3 is 0 Å². The molecule has 0 bridgehead atoms. The molecule has 1 nitrogen and oxygen atoms in total. The molecule has 0 atom stereocenters. The van der Waals surface area contributed by atoms with Crippen molar-refractivity contribution >= 4 is 17.4 Å². The van der Waals surface area contributed by atoms with Gasteiger partial charge in [0.15, 0.2) is 5.78 Å². The molecule has 0 fully saturated rings. The van der Waals surface area contributed by atoms with E-state index in [1.807, 2.05) is 6.07 Å². The summed E-state index contributed by atoms with van der Waals surface area (Å²) in [6.45, 7) is 4.14. The third kappa shape index (κ3) is 3.67. The number of benzene rings is 2. The van der Waals surface area contributed by atoms with Gasteiger partial charge in [-0.2, -0.15) is 0 Å². The van der Waals surface area contributed by atoms with Gasteiger partial charge in [-0.15, -0.1) is 0 Å². The molecule has 0 N–H and O–H groups in total. The predicted molar refractivity (Wildman–Crippen MR) is 79.8 cm³/mol. The molecule has 2 rings (SSSR count). The van der Waals surface area contributed by atoms with Crippen LogP contribution in [0.2, 0.25) is 5.02 Å². The molecule has 2 aromatic carbocycles. The lowest BCUT2D eigenvalue weighted by Gasteiger charge is -2.08. The number of carbonyl (C=O) groups is 1. The molecule has 0 radical (unpaired) electrons. The van der Waals surface area contributed by atoms with Gasteiger partial charge in [0, 0.05) is 5.56 Å². The first-order valence-electron chi connectivity index (χ1n) is 6.66. The minimum atomic E-state index is -0.819. The van der Waals surface area contributed by atoms with E-state index in [9.17, 15) is 13.6 Å². The van der Waals surface area contributed by atoms with Crippen molar-refractivity contribution in [3.63, 3.8) is 0 Å². The molecule has 0 aliphatic rings. The van der Waals surface area contributed by atoms with Crippen molar-refractivity contribution in [2.45, 2.75) is 20.3 Å². The lowest BCUT2D eigenvalue weighted by molar-refractivity contribution is 0.103. The molecule has 0 aliphatic carbocycles. The van der Waals surface area contributed by atoms with Crippen LogP contribution in [0.4, 0.5) is 8.78 Å². The summed E-state index contributed by atoms with van der Waals surface area (Å²) in [6, 6.07) is 8.63. The summed E-state index contributed by atoms with van der Waals surface area (Å²) < 4.78 is 27.2. The summed E-state index contributed by atoms with van der Waals surface area (Å²) in [7, 11) is 0. The highest BCUT2D eigenvalue weighted by Gasteiger charge is 2.17. The van der Waals surface area contributed by atoms with Gasteiger partial charge in [-0.3, -0.25) is 4.79 Å². The Hall–Kier alpha value is -1.74. The summed E-state index contributed by atoms with van der Waals surface area (Å²) in [4.78, 5) is 12.3. The molecule has 4 heteroatoms. The molecule has 0 saturated heterocycles. The van der Waals surface area contributed by atoms with Crippen molar-refractivity contribution in [2.24, 2.45) is 5.92 Å². The quantitative estimate of drug-likeness (QED) is 0.571. The van der Waals surface area contributed by atoms with Crippen LogP contribution < -0.4 is 0 Å². The van der Waals surface area contributed by atoms with Crippen molar-refractivity contribution in [1.82, 2.24) is 0 Å². The minimum absolute atomic E-state index is 0.307. The molecule has 110 valence electrons. The van der Waals surface area contributed by atoms with Gasteiger partial charge >= 0.3 is 0 Å². The number of hydrogen-bond donors (Lipinski definition) is 0. The Morgan fingerprint density at radius 1 is 1.14 bits per heavy atom. The summed E-state index contributed by atoms with van der Waals surface area (Å²) in [5.41, 5.74) is 1.03. The summed E-state index contributed by atoms with van der Waals surface area (Å²) in [5.74, 6) is -1.73. The maximum absolute atomic E-state index is 13.8. The van der Waals surface area contributed by atoms with E-state index in [1.165, 1.54) is 0 Å². The van der Waals surface area contributed by atoms with Crippen LogP contribution in [0.15, 0.2) is 36.4 Å². The number of hydrogen-bond acceptors (Lipinski definition) is 1. The SMILES string of the molecule is CC(C)Cc1cccc(C(=O)c2cc(F)c(Cl)cc2F)c1. The zero-order chi connectivity index (χ0) is 15.6. The topological polar surface area (TPSA) is 17.1 Å². The molecule has 2 aromatic rings. The molecule has 0 unspecified atom stereocenters. The van der Waals surface area contributed by atoms with Gasteiger partial charge in [0.2, 0.25) is 0 Å². The molecule has 0 saturated carbocycles. The second kappa shape index (κ2) is 6.35. The number of ketones is 1. The smallest absolute Gasteiger partial charge is 0.196 e. The Bertz CT molecular complexity index is 680. The minimum Gasteiger partial charge on any atom is -0.288 e. The molecule has 0 amide bonds. The normalized spacial score (nSPS) is 11.0. The average molecular weight is 309 g/mol. The summed E-state index contributed by atoms with van der Waals surface area (Å²) in [6.07, 6.45) is 0.818. The van der Waals surface area contributed by atoms with E-state index in [2.05, 4.69) is 13.8 Å². The van der Waals surface area contributed by atoms with Crippen LogP contribution in [-0.2, 0) is 6.42 Å². The van der Waals surface area contributed by atoms with E-state index < -0.39 is 17.4 Å². The fraction of sp³-hybridized carbons (Fsp3) is 0.235. The van der Waals surface area contributed by atoms with Gasteiger partial charge in [-0.05, 0) is 36.1 Å². The monoisotopic (exact) mass is 308 g/mol. The molecule has 0 aliphatic heterocycles. The van der Waals surface area contributed by atoms with Gasteiger partial charge in [0.05, 0.1) is 10.6 Å². The van der Waals surface area contributed by atoms with E-state index >= 15 is 0 Å². The molecule has 0 heterocycles. The number of halogens is 3. The fourth-order valence-corrected chi connectivity index (χ4v) is 2.31. The van der Waals surface area contributed by atoms with Crippen LogP contribution in [0.5, 0.6) is 0 Å². The van der Waals surface area contributed by atoms with E-state index in [1.54, 1.807) is 18.2 Å². The van der Waals surface area contributed by atoms with Crippen molar-refractivity contribution in [3.8, 4) is 0 Å². The highest BCUT2D eigenvalue weighted by Crippen LogP contribution is 2.22. The third-order valence-corrected chi connectivity index (χ3v) is 3.38. The van der Waals surface area contributed by atoms with E-state index in [0.29, 0.717) is 11.5 Å². The lowest BCUT2D eigenvalue weighted by Crippen LogP contribution is -2.06. The largest absolute Gasteiger partial charge is 0.288 e. The van der Waals surface area contributed by atoms with Crippen molar-refractivity contribution in [3.05, 3.63) is 69.7 Å². The maximum Gasteiger partial charge on any atom is 0.196 e. The van der Waals surface area contributed by atoms with Crippen LogP contribution in [0.25, 0.3) is 0 Å². The molecule has 21 heavy (non-hydrogen) atoms. The fourth-order valence-electron chi connectivity index (χ4n) is 2.16. The van der Waals surface area contributed by atoms with E-state index in [0.717, 1.165) is 24.1 Å². The zero-order valence-electron chi connectivity index (χ0n) is 11.8. The van der Waals surface area contributed by atoms with Crippen molar-refractivity contribution in [2.75, 3.05) is 0 Å². The third-order valence-electron chi connectivity index (χ3n) is 3.09. The number of carbonyl (C=O) groups excluding carboxylic acids is 1. The Kier molecular flexibility index (Phi) is 4.73. The highest BCUT2D eigenvalue weighted by molar-refractivity contribution is 6.30. The van der Waals surface area contributed by atoms with Crippen molar-refractivity contribution < 1.29 is 13.6 Å². The second-order valence-corrected chi connectivity index (χ2v) is 5.78. The van der Waals surface area contributed by atoms with Crippen LogP contribution in [0, 0.1) is 17.6 Å². The predicted octanol–water partition coefficient (Wildman–Crippen LogP) is 5.05. The Labute approximate surface area is 127 Å². The molecular formula is C17H15ClF2O. The summed E-state index contributed by atoms with van der Waals surface area (Å²) in [5, 5.41) is -0.336. The van der Waals surface area contributed by atoms with Crippen molar-refractivity contribution in [1.29, 1.82) is 0 Å². The Morgan fingerprint density at radius 3 is 2.52 bits per heavy atom. The first kappa shape index (κ1) is 15.6. The summed E-state index contributed by atoms with van der Waals surface area (Å²) >= 11 is 5.49. The van der Waals surface area contributed by atoms with Gasteiger partial charge in [-0.1, -0.05) is 43.6 Å². The number of rotatable bonds is 4. The van der Waals surface area contributed by atoms with Gasteiger partial charge in [-0.25, -0.2) is 8.78 Å². The zero-order valence-corrected chi connectivity index (χ0v) is 12.5. The first-order chi connectivity index (χ1) is 9.88. The highest BCUT2D eigenvalue weighted by atomic mass is 35.5. The van der Waals surface area contributed by atoms with Crippen LogP contribution in [0.1, 0.15) is 35.3 Å². The van der Waals surface area contributed by atoms with E-state index in [-0.39, 0.29) is 10.6 Å². The lowest BCUT2D eigenvalue weighted by atomic mass is 9.97. The maximum atomic E-state index is 13.8.